The van der Waals surface area contributed by atoms with E-state index in [9.17, 15) is 0 Å². The normalized spacial score (nSPS) is 11.1. The molecule has 0 unspecified atom stereocenters. The number of benzene rings is 2. The summed E-state index contributed by atoms with van der Waals surface area (Å²) >= 11 is 1.75. The van der Waals surface area contributed by atoms with Crippen LogP contribution in [0.4, 0.5) is 0 Å². The van der Waals surface area contributed by atoms with Gasteiger partial charge in [0.1, 0.15) is 0 Å². The van der Waals surface area contributed by atoms with Crippen LogP contribution in [0.25, 0.3) is 10.8 Å². The Morgan fingerprint density at radius 2 is 1.90 bits per heavy atom. The maximum Gasteiger partial charge on any atom is 0.0972 e. The molecule has 3 heteroatoms. The van der Waals surface area contributed by atoms with E-state index < -0.39 is 0 Å². The average Bonchev–Trinajstić information content (AvgIpc) is 2.93. The molecular formula is C17H18N2S. The number of aromatic nitrogens is 1. The molecule has 2 nitrogen and oxygen atoms in total. The largest absolute Gasteiger partial charge is 0.330 e. The molecule has 0 spiro atoms. The Bertz CT molecular complexity index is 698. The van der Waals surface area contributed by atoms with Crippen molar-refractivity contribution < 1.29 is 0 Å². The Balaban J connectivity index is 1.84. The molecule has 20 heavy (non-hydrogen) atoms. The van der Waals surface area contributed by atoms with Crippen molar-refractivity contribution in [3.63, 3.8) is 0 Å². The summed E-state index contributed by atoms with van der Waals surface area (Å²) < 4.78 is 0. The van der Waals surface area contributed by atoms with Crippen molar-refractivity contribution in [1.29, 1.82) is 0 Å². The van der Waals surface area contributed by atoms with E-state index >= 15 is 0 Å². The van der Waals surface area contributed by atoms with E-state index in [0.717, 1.165) is 25.8 Å². The van der Waals surface area contributed by atoms with Crippen LogP contribution in [-0.4, -0.2) is 11.5 Å². The van der Waals surface area contributed by atoms with E-state index in [4.69, 9.17) is 10.7 Å². The fourth-order valence-electron chi connectivity index (χ4n) is 2.44. The molecule has 0 fully saturated rings. The molecule has 0 aliphatic carbocycles. The van der Waals surface area contributed by atoms with Gasteiger partial charge in [-0.2, -0.15) is 0 Å². The number of aryl methyl sites for hydroxylation is 1. The van der Waals surface area contributed by atoms with E-state index in [1.165, 1.54) is 27.0 Å². The Morgan fingerprint density at radius 3 is 2.80 bits per heavy atom. The third kappa shape index (κ3) is 2.89. The molecule has 102 valence electrons. The zero-order valence-corrected chi connectivity index (χ0v) is 12.2. The van der Waals surface area contributed by atoms with Gasteiger partial charge in [0.25, 0.3) is 0 Å². The highest BCUT2D eigenvalue weighted by Crippen LogP contribution is 2.23. The van der Waals surface area contributed by atoms with Gasteiger partial charge in [-0.05, 0) is 35.7 Å². The van der Waals surface area contributed by atoms with E-state index in [0.29, 0.717) is 0 Å². The lowest BCUT2D eigenvalue weighted by Gasteiger charge is -2.04. The Labute approximate surface area is 123 Å². The van der Waals surface area contributed by atoms with Crippen LogP contribution < -0.4 is 5.73 Å². The van der Waals surface area contributed by atoms with E-state index in [1.807, 2.05) is 0 Å². The van der Waals surface area contributed by atoms with Gasteiger partial charge >= 0.3 is 0 Å². The Hall–Kier alpha value is -1.71. The van der Waals surface area contributed by atoms with Crippen molar-refractivity contribution in [2.45, 2.75) is 19.3 Å². The summed E-state index contributed by atoms with van der Waals surface area (Å²) in [6, 6.07) is 15.0. The Kier molecular flexibility index (Phi) is 4.09. The van der Waals surface area contributed by atoms with Crippen molar-refractivity contribution in [3.05, 3.63) is 64.1 Å². The van der Waals surface area contributed by atoms with Gasteiger partial charge in [0.2, 0.25) is 0 Å². The lowest BCUT2D eigenvalue weighted by Crippen LogP contribution is -2.00. The number of nitrogens with zero attached hydrogens (tertiary/aromatic N) is 1. The third-order valence-electron chi connectivity index (χ3n) is 3.46. The van der Waals surface area contributed by atoms with Crippen LogP contribution in [-0.2, 0) is 12.8 Å². The highest BCUT2D eigenvalue weighted by atomic mass is 32.1. The first-order valence-corrected chi connectivity index (χ1v) is 7.85. The fourth-order valence-corrected chi connectivity index (χ4v) is 3.29. The van der Waals surface area contributed by atoms with Gasteiger partial charge in [-0.25, -0.2) is 4.98 Å². The molecule has 0 aliphatic heterocycles. The zero-order chi connectivity index (χ0) is 13.8. The maximum atomic E-state index is 5.54. The van der Waals surface area contributed by atoms with Crippen LogP contribution in [0.5, 0.6) is 0 Å². The second-order valence-corrected chi connectivity index (χ2v) is 5.88. The average molecular weight is 282 g/mol. The molecule has 0 atom stereocenters. The first-order chi connectivity index (χ1) is 9.86. The molecule has 2 N–H and O–H groups in total. The molecule has 0 saturated carbocycles. The van der Waals surface area contributed by atoms with Gasteiger partial charge in [0.15, 0.2) is 0 Å². The molecule has 3 rings (SSSR count). The molecular weight excluding hydrogens is 264 g/mol. The quantitative estimate of drug-likeness (QED) is 0.773. The SMILES string of the molecule is NCCCc1csc(Cc2cccc3ccccc23)n1. The topological polar surface area (TPSA) is 38.9 Å². The van der Waals surface area contributed by atoms with Crippen molar-refractivity contribution in [1.82, 2.24) is 4.98 Å². The van der Waals surface area contributed by atoms with Crippen molar-refractivity contribution in [2.24, 2.45) is 5.73 Å². The summed E-state index contributed by atoms with van der Waals surface area (Å²) in [4.78, 5) is 4.71. The summed E-state index contributed by atoms with van der Waals surface area (Å²) in [6.45, 7) is 0.732. The molecule has 1 aromatic heterocycles. The minimum absolute atomic E-state index is 0.732. The number of hydrogen-bond acceptors (Lipinski definition) is 3. The summed E-state index contributed by atoms with van der Waals surface area (Å²) in [5.74, 6) is 0. The number of nitrogens with two attached hydrogens (primary N) is 1. The van der Waals surface area contributed by atoms with Crippen LogP contribution in [0.15, 0.2) is 47.8 Å². The van der Waals surface area contributed by atoms with Gasteiger partial charge in [0.05, 0.1) is 10.7 Å². The molecule has 0 bridgehead atoms. The standard InChI is InChI=1S/C17H18N2S/c18-10-4-8-15-12-20-17(19-15)11-14-7-3-6-13-5-1-2-9-16(13)14/h1-3,5-7,9,12H,4,8,10-11,18H2. The van der Waals surface area contributed by atoms with Crippen molar-refractivity contribution >= 4 is 22.1 Å². The highest BCUT2D eigenvalue weighted by molar-refractivity contribution is 7.09. The minimum atomic E-state index is 0.732. The van der Waals surface area contributed by atoms with Gasteiger partial charge < -0.3 is 5.73 Å². The monoisotopic (exact) mass is 282 g/mol. The summed E-state index contributed by atoms with van der Waals surface area (Å²) in [6.07, 6.45) is 2.91. The minimum Gasteiger partial charge on any atom is -0.330 e. The van der Waals surface area contributed by atoms with Gasteiger partial charge in [-0.15, -0.1) is 11.3 Å². The molecule has 0 saturated heterocycles. The predicted molar refractivity (Wildman–Crippen MR) is 86.2 cm³/mol. The molecule has 0 radical (unpaired) electrons. The molecule has 1 heterocycles. The number of hydrogen-bond donors (Lipinski definition) is 1. The molecule has 0 amide bonds. The van der Waals surface area contributed by atoms with Crippen LogP contribution in [0.3, 0.4) is 0 Å². The predicted octanol–water partition coefficient (Wildman–Crippen LogP) is 3.78. The first kappa shape index (κ1) is 13.3. The van der Waals surface area contributed by atoms with Gasteiger partial charge in [0, 0.05) is 11.8 Å². The molecule has 2 aromatic carbocycles. The maximum absolute atomic E-state index is 5.54. The van der Waals surface area contributed by atoms with E-state index in [2.05, 4.69) is 47.8 Å². The second-order valence-electron chi connectivity index (χ2n) is 4.94. The zero-order valence-electron chi connectivity index (χ0n) is 11.4. The van der Waals surface area contributed by atoms with Crippen LogP contribution in [0.2, 0.25) is 0 Å². The van der Waals surface area contributed by atoms with Gasteiger partial charge in [-0.3, -0.25) is 0 Å². The van der Waals surface area contributed by atoms with E-state index in [-0.39, 0.29) is 0 Å². The van der Waals surface area contributed by atoms with Crippen molar-refractivity contribution in [3.8, 4) is 0 Å². The number of rotatable bonds is 5. The molecule has 3 aromatic rings. The van der Waals surface area contributed by atoms with Crippen LogP contribution >= 0.6 is 11.3 Å². The third-order valence-corrected chi connectivity index (χ3v) is 4.36. The first-order valence-electron chi connectivity index (χ1n) is 6.97. The summed E-state index contributed by atoms with van der Waals surface area (Å²) in [5.41, 5.74) is 8.07. The lowest BCUT2D eigenvalue weighted by molar-refractivity contribution is 0.812. The van der Waals surface area contributed by atoms with Crippen LogP contribution in [0.1, 0.15) is 22.7 Å². The highest BCUT2D eigenvalue weighted by Gasteiger charge is 2.06. The van der Waals surface area contributed by atoms with Crippen molar-refractivity contribution in [2.75, 3.05) is 6.54 Å². The second kappa shape index (κ2) is 6.16. The number of fused-ring (bicyclic) bond motifs is 1. The fraction of sp³-hybridized carbons (Fsp3) is 0.235. The van der Waals surface area contributed by atoms with Gasteiger partial charge in [-0.1, -0.05) is 42.5 Å². The summed E-state index contributed by atoms with van der Waals surface area (Å²) in [7, 11) is 0. The van der Waals surface area contributed by atoms with E-state index in [1.54, 1.807) is 11.3 Å². The van der Waals surface area contributed by atoms with Crippen LogP contribution in [0, 0.1) is 0 Å². The molecule has 0 aliphatic rings. The number of thiazole rings is 1. The smallest absolute Gasteiger partial charge is 0.0972 e. The summed E-state index contributed by atoms with van der Waals surface area (Å²) in [5, 5.41) is 5.97. The Morgan fingerprint density at radius 1 is 1.05 bits per heavy atom. The lowest BCUT2D eigenvalue weighted by atomic mass is 10.0.